The molecule has 0 aliphatic heterocycles. The number of pyridine rings is 1. The van der Waals surface area contributed by atoms with Crippen molar-refractivity contribution in [3.8, 4) is 11.3 Å². The number of hydrogen-bond donors (Lipinski definition) is 1. The molecule has 2 aromatic heterocycles. The summed E-state index contributed by atoms with van der Waals surface area (Å²) in [6.45, 7) is 2.14. The highest BCUT2D eigenvalue weighted by molar-refractivity contribution is 6.03. The molecule has 0 atom stereocenters. The number of benzene rings is 1. The molecule has 1 aliphatic carbocycles. The summed E-state index contributed by atoms with van der Waals surface area (Å²) in [5.74, 6) is -0.122. The van der Waals surface area contributed by atoms with E-state index >= 15 is 0 Å². The van der Waals surface area contributed by atoms with E-state index in [0.29, 0.717) is 17.7 Å². The lowest BCUT2D eigenvalue weighted by Crippen LogP contribution is -2.13. The Labute approximate surface area is 186 Å². The number of hydrogen-bond acceptors (Lipinski definition) is 6. The second-order valence-electron chi connectivity index (χ2n) is 7.74. The molecule has 1 aliphatic rings. The third-order valence-corrected chi connectivity index (χ3v) is 5.35. The Hall–Kier alpha value is -3.93. The van der Waals surface area contributed by atoms with Crippen LogP contribution >= 0.6 is 0 Å². The summed E-state index contributed by atoms with van der Waals surface area (Å²) >= 11 is 0. The van der Waals surface area contributed by atoms with Crippen molar-refractivity contribution >= 4 is 23.0 Å². The van der Waals surface area contributed by atoms with Crippen LogP contribution in [0.5, 0.6) is 0 Å². The van der Waals surface area contributed by atoms with E-state index in [1.807, 2.05) is 24.3 Å². The van der Waals surface area contributed by atoms with Crippen molar-refractivity contribution in [2.75, 3.05) is 5.73 Å². The Morgan fingerprint density at radius 3 is 2.69 bits per heavy atom. The normalized spacial score (nSPS) is 13.2. The zero-order valence-electron chi connectivity index (χ0n) is 17.9. The third-order valence-electron chi connectivity index (χ3n) is 5.35. The minimum atomic E-state index is -0.250. The van der Waals surface area contributed by atoms with Gasteiger partial charge in [-0.3, -0.25) is 14.6 Å². The monoisotopic (exact) mass is 424 g/mol. The van der Waals surface area contributed by atoms with Gasteiger partial charge in [0.05, 0.1) is 11.9 Å². The van der Waals surface area contributed by atoms with Gasteiger partial charge in [-0.15, -0.1) is 0 Å². The van der Waals surface area contributed by atoms with E-state index in [1.165, 1.54) is 5.56 Å². The maximum atomic E-state index is 13.1. The van der Waals surface area contributed by atoms with E-state index in [9.17, 15) is 9.59 Å². The highest BCUT2D eigenvalue weighted by atomic mass is 16.1. The maximum absolute atomic E-state index is 13.1. The maximum Gasteiger partial charge on any atom is 0.189 e. The predicted molar refractivity (Wildman–Crippen MR) is 125 cm³/mol. The van der Waals surface area contributed by atoms with E-state index < -0.39 is 0 Å². The summed E-state index contributed by atoms with van der Waals surface area (Å²) in [5.41, 5.74) is 11.2. The molecule has 0 saturated heterocycles. The predicted octanol–water partition coefficient (Wildman–Crippen LogP) is 4.41. The lowest BCUT2D eigenvalue weighted by molar-refractivity contribution is -0.113. The van der Waals surface area contributed by atoms with Gasteiger partial charge in [-0.2, -0.15) is 0 Å². The molecule has 160 valence electrons. The van der Waals surface area contributed by atoms with E-state index in [1.54, 1.807) is 30.7 Å². The van der Waals surface area contributed by atoms with E-state index in [4.69, 9.17) is 5.73 Å². The Bertz CT molecular complexity index is 1230. The quantitative estimate of drug-likeness (QED) is 0.564. The number of nitrogen functional groups attached to an aromatic ring is 1. The minimum Gasteiger partial charge on any atom is -0.382 e. The van der Waals surface area contributed by atoms with Gasteiger partial charge in [0.15, 0.2) is 17.4 Å². The van der Waals surface area contributed by atoms with Gasteiger partial charge in [-0.25, -0.2) is 9.97 Å². The van der Waals surface area contributed by atoms with Crippen LogP contribution in [0.2, 0.25) is 0 Å². The van der Waals surface area contributed by atoms with Gasteiger partial charge in [0, 0.05) is 30.8 Å². The van der Waals surface area contributed by atoms with Gasteiger partial charge in [0.2, 0.25) is 0 Å². The average Bonchev–Trinajstić information content (AvgIpc) is 2.80. The van der Waals surface area contributed by atoms with Crippen molar-refractivity contribution in [3.63, 3.8) is 0 Å². The first kappa shape index (κ1) is 21.3. The van der Waals surface area contributed by atoms with Crippen LogP contribution < -0.4 is 5.73 Å². The topological polar surface area (TPSA) is 98.8 Å². The fraction of sp³-hybridized carbons (Fsp3) is 0.192. The number of carbonyl (C=O) groups is 2. The van der Waals surface area contributed by atoms with Crippen molar-refractivity contribution < 1.29 is 9.59 Å². The van der Waals surface area contributed by atoms with Gasteiger partial charge < -0.3 is 5.73 Å². The van der Waals surface area contributed by atoms with Crippen LogP contribution in [0.3, 0.4) is 0 Å². The zero-order chi connectivity index (χ0) is 22.5. The Balaban J connectivity index is 1.62. The number of nitrogens with zero attached hydrogens (tertiary/aromatic N) is 3. The average molecular weight is 425 g/mol. The molecule has 0 bridgehead atoms. The molecular weight excluding hydrogens is 400 g/mol. The summed E-state index contributed by atoms with van der Waals surface area (Å²) in [5, 5.41) is 0. The molecule has 4 rings (SSSR count). The molecule has 6 nitrogen and oxygen atoms in total. The second-order valence-corrected chi connectivity index (χ2v) is 7.74. The van der Waals surface area contributed by atoms with Crippen LogP contribution in [0.15, 0.2) is 67.2 Å². The lowest BCUT2D eigenvalue weighted by atomic mass is 9.93. The molecule has 0 saturated carbocycles. The van der Waals surface area contributed by atoms with Crippen LogP contribution in [-0.4, -0.2) is 26.5 Å². The number of ketones is 2. The van der Waals surface area contributed by atoms with Crippen LogP contribution in [0.4, 0.5) is 5.82 Å². The standard InChI is InChI=1S/C26H24N4O2/c1-2-4-17-7-9-18(10-8-17)23-16-29-26(27)25(30-23)24(32)14-20-15-28-12-11-22(20)19-5-3-6-21(31)13-19/h3,5,7-13,15-16H,2,4,6,14H2,1H3,(H2,27,29). The summed E-state index contributed by atoms with van der Waals surface area (Å²) in [6.07, 6.45) is 12.7. The summed E-state index contributed by atoms with van der Waals surface area (Å²) in [4.78, 5) is 37.9. The molecular formula is C26H24N4O2. The summed E-state index contributed by atoms with van der Waals surface area (Å²) in [6, 6.07) is 9.90. The fourth-order valence-electron chi connectivity index (χ4n) is 3.73. The van der Waals surface area contributed by atoms with Crippen LogP contribution in [0.1, 0.15) is 46.9 Å². The molecule has 2 N–H and O–H groups in total. The smallest absolute Gasteiger partial charge is 0.189 e. The summed E-state index contributed by atoms with van der Waals surface area (Å²) in [7, 11) is 0. The number of aromatic nitrogens is 3. The second kappa shape index (κ2) is 9.47. The number of Topliss-reactive ketones (excluding diaryl/α,β-unsaturated/α-hetero) is 1. The molecule has 3 aromatic rings. The van der Waals surface area contributed by atoms with Gasteiger partial charge in [-0.1, -0.05) is 49.8 Å². The van der Waals surface area contributed by atoms with Crippen LogP contribution in [-0.2, 0) is 17.6 Å². The zero-order valence-corrected chi connectivity index (χ0v) is 17.9. The van der Waals surface area contributed by atoms with Crippen molar-refractivity contribution in [2.24, 2.45) is 0 Å². The molecule has 2 heterocycles. The van der Waals surface area contributed by atoms with Gasteiger partial charge in [-0.05, 0) is 40.8 Å². The Morgan fingerprint density at radius 2 is 1.94 bits per heavy atom. The Morgan fingerprint density at radius 1 is 1.12 bits per heavy atom. The summed E-state index contributed by atoms with van der Waals surface area (Å²) < 4.78 is 0. The number of allylic oxidation sites excluding steroid dienone is 4. The van der Waals surface area contributed by atoms with Gasteiger partial charge in [0.1, 0.15) is 5.69 Å². The number of aryl methyl sites for hydroxylation is 1. The van der Waals surface area contributed by atoms with Gasteiger partial charge >= 0.3 is 0 Å². The van der Waals surface area contributed by atoms with Crippen LogP contribution in [0, 0.1) is 0 Å². The van der Waals surface area contributed by atoms with Crippen LogP contribution in [0.25, 0.3) is 16.8 Å². The van der Waals surface area contributed by atoms with Crippen molar-refractivity contribution in [3.05, 3.63) is 89.5 Å². The molecule has 0 radical (unpaired) electrons. The number of anilines is 1. The number of carbonyl (C=O) groups excluding carboxylic acids is 2. The van der Waals surface area contributed by atoms with Crippen molar-refractivity contribution in [2.45, 2.75) is 32.6 Å². The SMILES string of the molecule is CCCc1ccc(-c2cnc(N)c(C(=O)Cc3cnccc3C3=CC(=O)CC=C3)n2)cc1. The third kappa shape index (κ3) is 4.70. The first-order chi connectivity index (χ1) is 15.5. The largest absolute Gasteiger partial charge is 0.382 e. The molecule has 0 amide bonds. The van der Waals surface area contributed by atoms with E-state index in [2.05, 4.69) is 34.0 Å². The van der Waals surface area contributed by atoms with Crippen molar-refractivity contribution in [1.82, 2.24) is 15.0 Å². The minimum absolute atomic E-state index is 0.0318. The van der Waals surface area contributed by atoms with Crippen molar-refractivity contribution in [1.29, 1.82) is 0 Å². The van der Waals surface area contributed by atoms with Gasteiger partial charge in [0.25, 0.3) is 0 Å². The molecule has 0 fully saturated rings. The molecule has 0 unspecified atom stereocenters. The molecule has 6 heteroatoms. The lowest BCUT2D eigenvalue weighted by Gasteiger charge is -2.12. The number of rotatable bonds is 7. The molecule has 0 spiro atoms. The number of nitrogens with two attached hydrogens (primary N) is 1. The highest BCUT2D eigenvalue weighted by Crippen LogP contribution is 2.25. The first-order valence-corrected chi connectivity index (χ1v) is 10.6. The van der Waals surface area contributed by atoms with E-state index in [0.717, 1.165) is 29.5 Å². The molecule has 32 heavy (non-hydrogen) atoms. The highest BCUT2D eigenvalue weighted by Gasteiger charge is 2.18. The van der Waals surface area contributed by atoms with E-state index in [-0.39, 0.29) is 29.5 Å². The Kier molecular flexibility index (Phi) is 6.31. The first-order valence-electron chi connectivity index (χ1n) is 10.6. The fourth-order valence-corrected chi connectivity index (χ4v) is 3.73. The molecule has 1 aromatic carbocycles.